The maximum Gasteiger partial charge on any atom is 0.317 e. The van der Waals surface area contributed by atoms with E-state index < -0.39 is 0 Å². The molecule has 132 valence electrons. The first kappa shape index (κ1) is 18.0. The number of nitrogens with one attached hydrogen (secondary N) is 1. The van der Waals surface area contributed by atoms with E-state index in [1.165, 1.54) is 26.4 Å². The first-order valence-corrected chi connectivity index (χ1v) is 8.85. The zero-order valence-electron chi connectivity index (χ0n) is 14.4. The van der Waals surface area contributed by atoms with E-state index in [1.807, 2.05) is 0 Å². The van der Waals surface area contributed by atoms with Crippen LogP contribution in [0.2, 0.25) is 0 Å². The molecule has 0 aromatic rings. The van der Waals surface area contributed by atoms with Gasteiger partial charge in [-0.15, -0.1) is 0 Å². The second kappa shape index (κ2) is 9.11. The van der Waals surface area contributed by atoms with E-state index in [1.54, 1.807) is 11.8 Å². The quantitative estimate of drug-likeness (QED) is 0.761. The minimum Gasteiger partial charge on any atom is -0.469 e. The molecule has 2 fully saturated rings. The van der Waals surface area contributed by atoms with Gasteiger partial charge in [-0.3, -0.25) is 4.79 Å². The lowest BCUT2D eigenvalue weighted by Crippen LogP contribution is -2.49. The number of carbonyl (C=O) groups is 2. The zero-order chi connectivity index (χ0) is 16.7. The van der Waals surface area contributed by atoms with Crippen LogP contribution in [0.15, 0.2) is 0 Å². The van der Waals surface area contributed by atoms with Gasteiger partial charge < -0.3 is 19.7 Å². The normalized spacial score (nSPS) is 23.3. The molecule has 2 amide bonds. The number of hydrogen-bond acceptors (Lipinski definition) is 4. The molecule has 0 aromatic heterocycles. The summed E-state index contributed by atoms with van der Waals surface area (Å²) >= 11 is 0. The fraction of sp³-hybridized carbons (Fsp3) is 0.882. The van der Waals surface area contributed by atoms with Gasteiger partial charge >= 0.3 is 12.0 Å². The van der Waals surface area contributed by atoms with Crippen molar-refractivity contribution in [2.45, 2.75) is 64.0 Å². The minimum atomic E-state index is -0.335. The molecule has 2 unspecified atom stereocenters. The van der Waals surface area contributed by atoms with Gasteiger partial charge in [0, 0.05) is 25.7 Å². The Bertz CT molecular complexity index is 390. The highest BCUT2D eigenvalue weighted by molar-refractivity contribution is 5.76. The summed E-state index contributed by atoms with van der Waals surface area (Å²) < 4.78 is 10.4. The largest absolute Gasteiger partial charge is 0.469 e. The third kappa shape index (κ3) is 5.68. The van der Waals surface area contributed by atoms with Crippen molar-refractivity contribution in [1.82, 2.24) is 10.2 Å². The molecule has 2 aliphatic rings. The summed E-state index contributed by atoms with van der Waals surface area (Å²) in [5.74, 6) is -0.619. The van der Waals surface area contributed by atoms with Crippen LogP contribution in [-0.2, 0) is 14.3 Å². The topological polar surface area (TPSA) is 67.9 Å². The van der Waals surface area contributed by atoms with Crippen molar-refractivity contribution in [3.63, 3.8) is 0 Å². The number of esters is 1. The average molecular weight is 326 g/mol. The monoisotopic (exact) mass is 326 g/mol. The fourth-order valence-electron chi connectivity index (χ4n) is 3.39. The zero-order valence-corrected chi connectivity index (χ0v) is 14.4. The highest BCUT2D eigenvalue weighted by Crippen LogP contribution is 2.19. The molecule has 1 aliphatic carbocycles. The SMILES string of the molecule is COC(=O)C(C)CN(CC1CCCO1)C(=O)NC1CCCCC1. The van der Waals surface area contributed by atoms with Gasteiger partial charge in [-0.1, -0.05) is 26.2 Å². The summed E-state index contributed by atoms with van der Waals surface area (Å²) in [6, 6.07) is 0.180. The molecule has 1 heterocycles. The van der Waals surface area contributed by atoms with Crippen LogP contribution in [0.4, 0.5) is 4.79 Å². The molecule has 1 saturated heterocycles. The summed E-state index contributed by atoms with van der Waals surface area (Å²) in [6.45, 7) is 3.46. The Balaban J connectivity index is 1.92. The van der Waals surface area contributed by atoms with Crippen LogP contribution >= 0.6 is 0 Å². The van der Waals surface area contributed by atoms with E-state index in [4.69, 9.17) is 9.47 Å². The van der Waals surface area contributed by atoms with E-state index in [0.29, 0.717) is 13.1 Å². The van der Waals surface area contributed by atoms with Crippen molar-refractivity contribution in [3.8, 4) is 0 Å². The van der Waals surface area contributed by atoms with Gasteiger partial charge in [-0.25, -0.2) is 4.79 Å². The van der Waals surface area contributed by atoms with E-state index >= 15 is 0 Å². The Labute approximate surface area is 138 Å². The minimum absolute atomic E-state index is 0.0804. The van der Waals surface area contributed by atoms with Crippen LogP contribution in [-0.4, -0.2) is 55.9 Å². The van der Waals surface area contributed by atoms with E-state index in [-0.39, 0.29) is 30.1 Å². The van der Waals surface area contributed by atoms with Crippen LogP contribution in [0.1, 0.15) is 51.9 Å². The Morgan fingerprint density at radius 3 is 2.57 bits per heavy atom. The second-order valence-corrected chi connectivity index (χ2v) is 6.75. The van der Waals surface area contributed by atoms with E-state index in [0.717, 1.165) is 32.3 Å². The second-order valence-electron chi connectivity index (χ2n) is 6.75. The lowest BCUT2D eigenvalue weighted by atomic mass is 9.96. The van der Waals surface area contributed by atoms with Gasteiger partial charge in [0.1, 0.15) is 0 Å². The maximum absolute atomic E-state index is 12.7. The molecular weight excluding hydrogens is 296 g/mol. The lowest BCUT2D eigenvalue weighted by molar-refractivity contribution is -0.145. The van der Waals surface area contributed by atoms with Crippen LogP contribution in [0, 0.1) is 5.92 Å². The Morgan fingerprint density at radius 1 is 1.22 bits per heavy atom. The molecule has 23 heavy (non-hydrogen) atoms. The smallest absolute Gasteiger partial charge is 0.317 e. The Morgan fingerprint density at radius 2 is 1.96 bits per heavy atom. The molecule has 0 spiro atoms. The number of methoxy groups -OCH3 is 1. The highest BCUT2D eigenvalue weighted by Gasteiger charge is 2.27. The van der Waals surface area contributed by atoms with Gasteiger partial charge in [0.25, 0.3) is 0 Å². The van der Waals surface area contributed by atoms with Crippen LogP contribution in [0.25, 0.3) is 0 Å². The molecule has 0 bridgehead atoms. The summed E-state index contributed by atoms with van der Waals surface area (Å²) in [5.41, 5.74) is 0. The first-order chi connectivity index (χ1) is 11.1. The van der Waals surface area contributed by atoms with Gasteiger partial charge in [0.05, 0.1) is 19.1 Å². The number of carbonyl (C=O) groups excluding carboxylic acids is 2. The number of urea groups is 1. The highest BCUT2D eigenvalue weighted by atomic mass is 16.5. The van der Waals surface area contributed by atoms with Crippen molar-refractivity contribution in [2.75, 3.05) is 26.8 Å². The van der Waals surface area contributed by atoms with Crippen molar-refractivity contribution >= 4 is 12.0 Å². The number of hydrogen-bond donors (Lipinski definition) is 1. The van der Waals surface area contributed by atoms with Crippen molar-refractivity contribution in [1.29, 1.82) is 0 Å². The van der Waals surface area contributed by atoms with E-state index in [2.05, 4.69) is 5.32 Å². The molecule has 6 heteroatoms. The third-order valence-electron chi connectivity index (χ3n) is 4.77. The van der Waals surface area contributed by atoms with Gasteiger partial charge in [-0.2, -0.15) is 0 Å². The lowest BCUT2D eigenvalue weighted by Gasteiger charge is -2.31. The first-order valence-electron chi connectivity index (χ1n) is 8.85. The third-order valence-corrected chi connectivity index (χ3v) is 4.77. The molecule has 1 aliphatic heterocycles. The van der Waals surface area contributed by atoms with Gasteiger partial charge in [-0.05, 0) is 25.7 Å². The molecule has 6 nitrogen and oxygen atoms in total. The van der Waals surface area contributed by atoms with Crippen molar-refractivity contribution in [3.05, 3.63) is 0 Å². The molecular formula is C17H30N2O4. The predicted molar refractivity (Wildman–Crippen MR) is 87.1 cm³/mol. The molecule has 2 rings (SSSR count). The molecule has 2 atom stereocenters. The average Bonchev–Trinajstić information content (AvgIpc) is 3.07. The maximum atomic E-state index is 12.7. The van der Waals surface area contributed by atoms with Crippen LogP contribution in [0.3, 0.4) is 0 Å². The van der Waals surface area contributed by atoms with Crippen molar-refractivity contribution in [2.24, 2.45) is 5.92 Å². The van der Waals surface area contributed by atoms with Gasteiger partial charge in [0.15, 0.2) is 0 Å². The number of amides is 2. The molecule has 0 radical (unpaired) electrons. The number of ether oxygens (including phenoxy) is 2. The number of nitrogens with zero attached hydrogens (tertiary/aromatic N) is 1. The molecule has 1 N–H and O–H groups in total. The summed E-state index contributed by atoms with van der Waals surface area (Å²) in [7, 11) is 1.38. The number of rotatable bonds is 6. The van der Waals surface area contributed by atoms with Crippen molar-refractivity contribution < 1.29 is 19.1 Å². The summed E-state index contributed by atoms with van der Waals surface area (Å²) in [5, 5.41) is 3.13. The van der Waals surface area contributed by atoms with Crippen LogP contribution in [0.5, 0.6) is 0 Å². The van der Waals surface area contributed by atoms with Gasteiger partial charge in [0.2, 0.25) is 0 Å². The van der Waals surface area contributed by atoms with E-state index in [9.17, 15) is 9.59 Å². The molecule has 0 aromatic carbocycles. The summed E-state index contributed by atoms with van der Waals surface area (Å²) in [6.07, 6.45) is 7.79. The van der Waals surface area contributed by atoms with Crippen LogP contribution < -0.4 is 5.32 Å². The standard InChI is InChI=1S/C17H30N2O4/c1-13(16(20)22-2)11-19(12-15-9-6-10-23-15)17(21)18-14-7-4-3-5-8-14/h13-15H,3-12H2,1-2H3,(H,18,21). The Hall–Kier alpha value is -1.30. The molecule has 1 saturated carbocycles. The Kier molecular flexibility index (Phi) is 7.15. The predicted octanol–water partition coefficient (Wildman–Crippen LogP) is 2.32. The summed E-state index contributed by atoms with van der Waals surface area (Å²) in [4.78, 5) is 26.1. The fourth-order valence-corrected chi connectivity index (χ4v) is 3.39.